The van der Waals surface area contributed by atoms with Gasteiger partial charge in [-0.25, -0.2) is 0 Å². The van der Waals surface area contributed by atoms with E-state index in [4.69, 9.17) is 5.11 Å². The molecule has 1 atom stereocenters. The average Bonchev–Trinajstić information content (AvgIpc) is 2.67. The Labute approximate surface area is 207 Å². The molecular formula is C16H18I3N3O7. The quantitative estimate of drug-likeness (QED) is 0.191. The summed E-state index contributed by atoms with van der Waals surface area (Å²) >= 11 is 5.61. The Morgan fingerprint density at radius 1 is 1.03 bits per heavy atom. The summed E-state index contributed by atoms with van der Waals surface area (Å²) in [7, 11) is 1.43. The van der Waals surface area contributed by atoms with Crippen LogP contribution in [0.2, 0.25) is 0 Å². The van der Waals surface area contributed by atoms with Gasteiger partial charge in [-0.3, -0.25) is 19.2 Å². The number of benzene rings is 1. The third kappa shape index (κ3) is 7.14. The molecule has 29 heavy (non-hydrogen) atoms. The fraction of sp³-hybridized carbons (Fsp3) is 0.375. The van der Waals surface area contributed by atoms with E-state index < -0.39 is 43.0 Å². The van der Waals surface area contributed by atoms with E-state index in [0.29, 0.717) is 10.7 Å². The van der Waals surface area contributed by atoms with E-state index in [1.807, 2.05) is 67.8 Å². The normalized spacial score (nSPS) is 11.4. The summed E-state index contributed by atoms with van der Waals surface area (Å²) in [6, 6.07) is 0. The number of amides is 3. The van der Waals surface area contributed by atoms with E-state index in [2.05, 4.69) is 20.7 Å². The predicted molar refractivity (Wildman–Crippen MR) is 129 cm³/mol. The third-order valence-corrected chi connectivity index (χ3v) is 6.61. The summed E-state index contributed by atoms with van der Waals surface area (Å²) in [4.78, 5) is 48.1. The first-order valence-electron chi connectivity index (χ1n) is 7.97. The Morgan fingerprint density at radius 2 is 1.59 bits per heavy atom. The van der Waals surface area contributed by atoms with Gasteiger partial charge in [-0.15, -0.1) is 0 Å². The average molecular weight is 745 g/mol. The zero-order chi connectivity index (χ0) is 22.3. The number of aliphatic hydroxyl groups is 2. The zero-order valence-corrected chi connectivity index (χ0v) is 21.7. The van der Waals surface area contributed by atoms with E-state index in [9.17, 15) is 24.3 Å². The SMILES string of the molecule is CNC(=O)c1c(I)c(NC(=O)COC(C)=O)c(I)c(C(=O)NCC(O)CO)c1I. The van der Waals surface area contributed by atoms with Gasteiger partial charge in [0.15, 0.2) is 6.61 Å². The minimum Gasteiger partial charge on any atom is -0.456 e. The second-order valence-corrected chi connectivity index (χ2v) is 8.76. The summed E-state index contributed by atoms with van der Waals surface area (Å²) < 4.78 is 5.78. The van der Waals surface area contributed by atoms with Gasteiger partial charge in [0.2, 0.25) is 0 Å². The molecule has 0 heterocycles. The molecule has 1 aromatic rings. The van der Waals surface area contributed by atoms with Crippen LogP contribution in [0.15, 0.2) is 0 Å². The fourth-order valence-corrected chi connectivity index (χ4v) is 6.42. The monoisotopic (exact) mass is 745 g/mol. The topological polar surface area (TPSA) is 154 Å². The summed E-state index contributed by atoms with van der Waals surface area (Å²) in [6.07, 6.45) is -1.14. The van der Waals surface area contributed by atoms with Gasteiger partial charge >= 0.3 is 5.97 Å². The van der Waals surface area contributed by atoms with Crippen molar-refractivity contribution in [1.29, 1.82) is 0 Å². The molecule has 0 fully saturated rings. The van der Waals surface area contributed by atoms with Crippen molar-refractivity contribution in [2.75, 3.05) is 32.1 Å². The van der Waals surface area contributed by atoms with Crippen molar-refractivity contribution < 1.29 is 34.1 Å². The molecule has 13 heteroatoms. The van der Waals surface area contributed by atoms with Crippen LogP contribution in [-0.4, -0.2) is 66.8 Å². The molecule has 0 saturated carbocycles. The largest absolute Gasteiger partial charge is 0.456 e. The van der Waals surface area contributed by atoms with Crippen LogP contribution in [0, 0.1) is 10.7 Å². The Morgan fingerprint density at radius 3 is 2.07 bits per heavy atom. The molecular weight excluding hydrogens is 727 g/mol. The minimum absolute atomic E-state index is 0.123. The van der Waals surface area contributed by atoms with Crippen molar-refractivity contribution in [2.45, 2.75) is 13.0 Å². The van der Waals surface area contributed by atoms with E-state index >= 15 is 0 Å². The Kier molecular flexibility index (Phi) is 11.0. The maximum Gasteiger partial charge on any atom is 0.303 e. The van der Waals surface area contributed by atoms with Crippen molar-refractivity contribution in [2.24, 2.45) is 0 Å². The lowest BCUT2D eigenvalue weighted by molar-refractivity contribution is -0.144. The molecule has 0 aliphatic rings. The van der Waals surface area contributed by atoms with Gasteiger partial charge in [-0.05, 0) is 67.8 Å². The second kappa shape index (κ2) is 12.2. The van der Waals surface area contributed by atoms with Crippen molar-refractivity contribution in [3.63, 3.8) is 0 Å². The molecule has 0 aromatic heterocycles. The first-order chi connectivity index (χ1) is 13.5. The van der Waals surface area contributed by atoms with Crippen LogP contribution in [-0.2, 0) is 14.3 Å². The van der Waals surface area contributed by atoms with Gasteiger partial charge in [0, 0.05) is 24.1 Å². The minimum atomic E-state index is -1.14. The number of aliphatic hydroxyl groups excluding tert-OH is 2. The first kappa shape index (κ1) is 26.2. The van der Waals surface area contributed by atoms with Gasteiger partial charge in [0.05, 0.1) is 36.7 Å². The predicted octanol–water partition coefficient (Wildman–Crippen LogP) is 0.445. The van der Waals surface area contributed by atoms with Gasteiger partial charge in [0.1, 0.15) is 0 Å². The number of nitrogens with one attached hydrogen (secondary N) is 3. The maximum absolute atomic E-state index is 12.7. The van der Waals surface area contributed by atoms with Crippen molar-refractivity contribution in [3.05, 3.63) is 21.8 Å². The molecule has 3 amide bonds. The number of hydrogen-bond donors (Lipinski definition) is 5. The number of halogens is 3. The highest BCUT2D eigenvalue weighted by molar-refractivity contribution is 14.1. The van der Waals surface area contributed by atoms with E-state index in [0.717, 1.165) is 0 Å². The molecule has 160 valence electrons. The van der Waals surface area contributed by atoms with E-state index in [1.54, 1.807) is 0 Å². The maximum atomic E-state index is 12.7. The lowest BCUT2D eigenvalue weighted by Crippen LogP contribution is -2.35. The number of carbonyl (C=O) groups excluding carboxylic acids is 4. The molecule has 0 aliphatic carbocycles. The Bertz CT molecular complexity index is 833. The van der Waals surface area contributed by atoms with Crippen LogP contribution in [0.3, 0.4) is 0 Å². The fourth-order valence-electron chi connectivity index (χ4n) is 2.00. The highest BCUT2D eigenvalue weighted by Gasteiger charge is 2.28. The number of rotatable bonds is 8. The Hall–Kier alpha value is -0.790. The standard InChI is InChI=1S/C16H18I3N3O7/c1-6(24)29-5-8(26)22-14-12(18)9(15(27)20-2)11(17)10(13(14)19)16(28)21-3-7(25)4-23/h7,23,25H,3-5H2,1-2H3,(H,20,27)(H,21,28)(H,22,26). The lowest BCUT2D eigenvalue weighted by atomic mass is 10.1. The highest BCUT2D eigenvalue weighted by Crippen LogP contribution is 2.35. The van der Waals surface area contributed by atoms with Crippen LogP contribution in [0.25, 0.3) is 0 Å². The molecule has 0 spiro atoms. The number of hydrogen-bond acceptors (Lipinski definition) is 7. The molecule has 0 aliphatic heterocycles. The van der Waals surface area contributed by atoms with Crippen LogP contribution in [0.4, 0.5) is 5.69 Å². The molecule has 5 N–H and O–H groups in total. The first-order valence-corrected chi connectivity index (χ1v) is 11.2. The van der Waals surface area contributed by atoms with Gasteiger partial charge < -0.3 is 30.9 Å². The molecule has 0 bridgehead atoms. The summed E-state index contributed by atoms with van der Waals surface area (Å²) in [5.74, 6) is -2.32. The Balaban J connectivity index is 3.44. The summed E-state index contributed by atoms with van der Waals surface area (Å²) in [6.45, 7) is -0.0787. The van der Waals surface area contributed by atoms with Crippen molar-refractivity contribution in [3.8, 4) is 0 Å². The van der Waals surface area contributed by atoms with Gasteiger partial charge in [0.25, 0.3) is 17.7 Å². The van der Waals surface area contributed by atoms with E-state index in [-0.39, 0.29) is 23.4 Å². The lowest BCUT2D eigenvalue weighted by Gasteiger charge is -2.19. The van der Waals surface area contributed by atoms with E-state index in [1.165, 1.54) is 14.0 Å². The van der Waals surface area contributed by atoms with Gasteiger partial charge in [-0.1, -0.05) is 0 Å². The number of ether oxygens (including phenoxy) is 1. The zero-order valence-electron chi connectivity index (χ0n) is 15.3. The van der Waals surface area contributed by atoms with Crippen LogP contribution >= 0.6 is 67.8 Å². The van der Waals surface area contributed by atoms with Crippen LogP contribution < -0.4 is 16.0 Å². The summed E-state index contributed by atoms with van der Waals surface area (Å²) in [5, 5.41) is 25.9. The smallest absolute Gasteiger partial charge is 0.303 e. The number of anilines is 1. The molecule has 1 rings (SSSR count). The summed E-state index contributed by atoms with van der Waals surface area (Å²) in [5.41, 5.74) is 0.526. The van der Waals surface area contributed by atoms with Crippen LogP contribution in [0.1, 0.15) is 27.6 Å². The molecule has 1 aromatic carbocycles. The second-order valence-electron chi connectivity index (χ2n) is 5.52. The van der Waals surface area contributed by atoms with Gasteiger partial charge in [-0.2, -0.15) is 0 Å². The third-order valence-electron chi connectivity index (χ3n) is 3.38. The van der Waals surface area contributed by atoms with Crippen molar-refractivity contribution in [1.82, 2.24) is 10.6 Å². The highest BCUT2D eigenvalue weighted by atomic mass is 127. The van der Waals surface area contributed by atoms with Crippen LogP contribution in [0.5, 0.6) is 0 Å². The van der Waals surface area contributed by atoms with Crippen molar-refractivity contribution >= 4 is 97.2 Å². The number of esters is 1. The molecule has 1 unspecified atom stereocenters. The molecule has 10 nitrogen and oxygen atoms in total. The molecule has 0 saturated heterocycles. The number of carbonyl (C=O) groups is 4. The molecule has 0 radical (unpaired) electrons.